The van der Waals surface area contributed by atoms with Gasteiger partial charge in [-0.05, 0) is 60.5 Å². The average molecular weight is 411 g/mol. The predicted octanol–water partition coefficient (Wildman–Crippen LogP) is 4.91. The third-order valence-corrected chi connectivity index (χ3v) is 7.47. The average Bonchev–Trinajstić information content (AvgIpc) is 3.22. The van der Waals surface area contributed by atoms with E-state index in [0.717, 1.165) is 35.2 Å². The lowest BCUT2D eigenvalue weighted by atomic mass is 9.72. The largest absolute Gasteiger partial charge is 0.268 e. The number of aromatic nitrogens is 4. The Morgan fingerprint density at radius 2 is 2.00 bits per heavy atom. The third kappa shape index (κ3) is 2.53. The second-order valence-electron chi connectivity index (χ2n) is 8.63. The van der Waals surface area contributed by atoms with Crippen LogP contribution in [0, 0.1) is 16.1 Å². The van der Waals surface area contributed by atoms with Crippen LogP contribution >= 0.6 is 23.6 Å². The maximum atomic E-state index is 13.6. The zero-order valence-electron chi connectivity index (χ0n) is 16.2. The van der Waals surface area contributed by atoms with Crippen molar-refractivity contribution < 1.29 is 0 Å². The molecule has 0 saturated heterocycles. The van der Waals surface area contributed by atoms with Crippen LogP contribution in [0.1, 0.15) is 37.6 Å². The summed E-state index contributed by atoms with van der Waals surface area (Å²) in [6.07, 6.45) is 3.08. The molecule has 5 nitrogen and oxygen atoms in total. The molecule has 3 heterocycles. The molecule has 0 fully saturated rings. The maximum absolute atomic E-state index is 13.6. The zero-order chi connectivity index (χ0) is 19.6. The molecule has 0 unspecified atom stereocenters. The molecule has 3 aromatic heterocycles. The second kappa shape index (κ2) is 6.12. The van der Waals surface area contributed by atoms with Crippen LogP contribution in [-0.4, -0.2) is 19.2 Å². The van der Waals surface area contributed by atoms with Gasteiger partial charge >= 0.3 is 0 Å². The van der Waals surface area contributed by atoms with Crippen molar-refractivity contribution in [2.24, 2.45) is 11.3 Å². The molecule has 1 aliphatic carbocycles. The molecule has 0 spiro atoms. The van der Waals surface area contributed by atoms with Gasteiger partial charge < -0.3 is 0 Å². The maximum Gasteiger partial charge on any atom is 0.268 e. The number of para-hydroxylation sites is 1. The fourth-order valence-corrected chi connectivity index (χ4v) is 6.02. The van der Waals surface area contributed by atoms with Gasteiger partial charge in [0.05, 0.1) is 11.1 Å². The van der Waals surface area contributed by atoms with E-state index in [9.17, 15) is 4.79 Å². The Morgan fingerprint density at radius 1 is 1.25 bits per heavy atom. The summed E-state index contributed by atoms with van der Waals surface area (Å²) in [5.74, 6) is 1.16. The van der Waals surface area contributed by atoms with Gasteiger partial charge in [-0.25, -0.2) is 14.1 Å². The first-order valence-corrected chi connectivity index (χ1v) is 10.8. The van der Waals surface area contributed by atoms with E-state index in [1.807, 2.05) is 34.7 Å². The Balaban J connectivity index is 1.87. The summed E-state index contributed by atoms with van der Waals surface area (Å²) in [4.78, 5) is 15.9. The molecule has 5 rings (SSSR count). The Hall–Kier alpha value is -2.25. The van der Waals surface area contributed by atoms with E-state index in [2.05, 4.69) is 31.0 Å². The molecule has 0 aliphatic heterocycles. The molecule has 28 heavy (non-hydrogen) atoms. The molecule has 0 amide bonds. The van der Waals surface area contributed by atoms with Gasteiger partial charge in [0.2, 0.25) is 10.5 Å². The fourth-order valence-electron chi connectivity index (χ4n) is 4.32. The molecule has 0 radical (unpaired) electrons. The van der Waals surface area contributed by atoms with Crippen molar-refractivity contribution in [3.8, 4) is 5.69 Å². The summed E-state index contributed by atoms with van der Waals surface area (Å²) in [6, 6.07) is 9.67. The quantitative estimate of drug-likeness (QED) is 0.454. The van der Waals surface area contributed by atoms with Gasteiger partial charge in [-0.15, -0.1) is 16.4 Å². The van der Waals surface area contributed by atoms with Crippen molar-refractivity contribution in [1.29, 1.82) is 0 Å². The summed E-state index contributed by atoms with van der Waals surface area (Å²) in [6.45, 7) is 6.92. The monoisotopic (exact) mass is 410 g/mol. The minimum Gasteiger partial charge on any atom is -0.268 e. The highest BCUT2D eigenvalue weighted by Crippen LogP contribution is 2.42. The fraction of sp³-hybridized carbons (Fsp3) is 0.381. The second-order valence-corrected chi connectivity index (χ2v) is 10.1. The lowest BCUT2D eigenvalue weighted by Gasteiger charge is -2.33. The number of hydrogen-bond acceptors (Lipinski definition) is 4. The Bertz CT molecular complexity index is 1320. The van der Waals surface area contributed by atoms with E-state index < -0.39 is 0 Å². The molecule has 7 heteroatoms. The summed E-state index contributed by atoms with van der Waals surface area (Å²) in [5, 5.41) is 8.07. The molecule has 0 saturated carbocycles. The zero-order valence-corrected chi connectivity index (χ0v) is 17.8. The number of nitrogens with one attached hydrogen (secondary N) is 1. The van der Waals surface area contributed by atoms with Gasteiger partial charge in [-0.3, -0.25) is 4.79 Å². The molecular formula is C21H22N4OS2. The van der Waals surface area contributed by atoms with Crippen molar-refractivity contribution >= 4 is 39.5 Å². The van der Waals surface area contributed by atoms with Crippen LogP contribution in [0.15, 0.2) is 35.1 Å². The number of hydrogen-bond donors (Lipinski definition) is 1. The third-order valence-electron chi connectivity index (χ3n) is 5.96. The van der Waals surface area contributed by atoms with Crippen molar-refractivity contribution in [1.82, 2.24) is 19.2 Å². The van der Waals surface area contributed by atoms with Crippen molar-refractivity contribution in [3.05, 3.63) is 55.9 Å². The molecular weight excluding hydrogens is 388 g/mol. The molecule has 1 N–H and O–H groups in total. The number of nitrogens with zero attached hydrogens (tertiary/aromatic N) is 3. The van der Waals surface area contributed by atoms with Gasteiger partial charge in [0.25, 0.3) is 5.56 Å². The first-order chi connectivity index (χ1) is 13.4. The van der Waals surface area contributed by atoms with Crippen molar-refractivity contribution in [3.63, 3.8) is 0 Å². The lowest BCUT2D eigenvalue weighted by molar-refractivity contribution is 0.218. The topological polar surface area (TPSA) is 55.1 Å². The number of fused-ring (bicyclic) bond motifs is 5. The minimum atomic E-state index is -0.00518. The number of thiophene rings is 1. The van der Waals surface area contributed by atoms with Crippen LogP contribution in [0.5, 0.6) is 0 Å². The number of benzene rings is 1. The molecule has 144 valence electrons. The van der Waals surface area contributed by atoms with Crippen molar-refractivity contribution in [2.45, 2.75) is 40.0 Å². The first kappa shape index (κ1) is 17.8. The van der Waals surface area contributed by atoms with Gasteiger partial charge in [-0.1, -0.05) is 39.0 Å². The Kier molecular flexibility index (Phi) is 3.90. The van der Waals surface area contributed by atoms with E-state index in [4.69, 9.17) is 12.2 Å². The smallest absolute Gasteiger partial charge is 0.268 e. The van der Waals surface area contributed by atoms with Crippen LogP contribution in [-0.2, 0) is 12.8 Å². The van der Waals surface area contributed by atoms with Crippen LogP contribution < -0.4 is 5.56 Å². The molecule has 1 aliphatic rings. The molecule has 4 aromatic rings. The highest BCUT2D eigenvalue weighted by atomic mass is 32.1. The number of aryl methyl sites for hydroxylation is 1. The van der Waals surface area contributed by atoms with Crippen LogP contribution in [0.4, 0.5) is 0 Å². The summed E-state index contributed by atoms with van der Waals surface area (Å²) in [5.41, 5.74) is 2.27. The van der Waals surface area contributed by atoms with E-state index >= 15 is 0 Å². The highest BCUT2D eigenvalue weighted by Gasteiger charge is 2.32. The standard InChI is InChI=1S/C21H22N4OS2/c1-21(2,3)12-9-10-14-15(11-12)28-18-16(14)17(26)24(13-7-5-4-6-8-13)19-22-23-20(27)25(18)19/h4-8,12H,9-11H2,1-3H3,(H,23,27)/t12-/m0/s1. The van der Waals surface area contributed by atoms with Gasteiger partial charge in [0, 0.05) is 4.88 Å². The molecule has 1 atom stereocenters. The summed E-state index contributed by atoms with van der Waals surface area (Å²) in [7, 11) is 0. The van der Waals surface area contributed by atoms with E-state index in [-0.39, 0.29) is 11.0 Å². The number of rotatable bonds is 1. The minimum absolute atomic E-state index is 0.00518. The summed E-state index contributed by atoms with van der Waals surface area (Å²) >= 11 is 7.24. The van der Waals surface area contributed by atoms with Gasteiger partial charge in [0.1, 0.15) is 4.83 Å². The van der Waals surface area contributed by atoms with E-state index in [1.165, 1.54) is 10.4 Å². The first-order valence-electron chi connectivity index (χ1n) is 9.58. The molecule has 1 aromatic carbocycles. The SMILES string of the molecule is CC(C)(C)[C@H]1CCc2c(sc3c2c(=O)n(-c2ccccc2)c2n[nH]c(=S)n32)C1. The lowest BCUT2D eigenvalue weighted by Crippen LogP contribution is -2.27. The van der Waals surface area contributed by atoms with Gasteiger partial charge in [-0.2, -0.15) is 0 Å². The molecule has 0 bridgehead atoms. The number of H-pyrrole nitrogens is 1. The van der Waals surface area contributed by atoms with E-state index in [0.29, 0.717) is 16.5 Å². The number of aromatic amines is 1. The van der Waals surface area contributed by atoms with Gasteiger partial charge in [0.15, 0.2) is 0 Å². The van der Waals surface area contributed by atoms with Crippen molar-refractivity contribution in [2.75, 3.05) is 0 Å². The Morgan fingerprint density at radius 3 is 2.71 bits per heavy atom. The Labute approximate surface area is 171 Å². The van der Waals surface area contributed by atoms with Crippen LogP contribution in [0.3, 0.4) is 0 Å². The highest BCUT2D eigenvalue weighted by molar-refractivity contribution is 7.71. The predicted molar refractivity (Wildman–Crippen MR) is 116 cm³/mol. The van der Waals surface area contributed by atoms with Crippen LogP contribution in [0.2, 0.25) is 0 Å². The van der Waals surface area contributed by atoms with Crippen LogP contribution in [0.25, 0.3) is 21.7 Å². The summed E-state index contributed by atoms with van der Waals surface area (Å²) < 4.78 is 4.13. The van der Waals surface area contributed by atoms with E-state index in [1.54, 1.807) is 15.9 Å². The normalized spacial score (nSPS) is 17.3.